The topological polar surface area (TPSA) is 34.1 Å². The van der Waals surface area contributed by atoms with Gasteiger partial charge in [0.1, 0.15) is 5.75 Å². The highest BCUT2D eigenvalue weighted by molar-refractivity contribution is 7.07. The summed E-state index contributed by atoms with van der Waals surface area (Å²) < 4.78 is 5.33. The number of hydrogen-bond donors (Lipinski definition) is 1. The van der Waals surface area contributed by atoms with Crippen LogP contribution in [0.1, 0.15) is 16.8 Å². The van der Waals surface area contributed by atoms with Gasteiger partial charge in [-0.25, -0.2) is 4.98 Å². The summed E-state index contributed by atoms with van der Waals surface area (Å²) in [5.41, 5.74) is 5.37. The normalized spacial score (nSPS) is 10.5. The molecule has 0 radical (unpaired) electrons. The van der Waals surface area contributed by atoms with E-state index in [1.165, 1.54) is 11.1 Å². The van der Waals surface area contributed by atoms with Gasteiger partial charge < -0.3 is 10.1 Å². The van der Waals surface area contributed by atoms with Crippen molar-refractivity contribution >= 4 is 11.3 Å². The van der Waals surface area contributed by atoms with Crippen LogP contribution in [-0.2, 0) is 13.1 Å². The van der Waals surface area contributed by atoms with Gasteiger partial charge in [-0.3, -0.25) is 0 Å². The van der Waals surface area contributed by atoms with Gasteiger partial charge in [-0.2, -0.15) is 0 Å². The number of nitrogens with zero attached hydrogens (tertiary/aromatic N) is 1. The Morgan fingerprint density at radius 2 is 2.24 bits per heavy atom. The molecule has 0 saturated carbocycles. The summed E-state index contributed by atoms with van der Waals surface area (Å²) in [7, 11) is 1.70. The van der Waals surface area contributed by atoms with Gasteiger partial charge in [-0.05, 0) is 13.0 Å². The molecule has 1 N–H and O–H groups in total. The smallest absolute Gasteiger partial charge is 0.123 e. The zero-order valence-electron chi connectivity index (χ0n) is 10.1. The second-order valence-corrected chi connectivity index (χ2v) is 4.62. The van der Waals surface area contributed by atoms with E-state index in [9.17, 15) is 0 Å². The second-order valence-electron chi connectivity index (χ2n) is 3.90. The fraction of sp³-hybridized carbons (Fsp3) is 0.308. The molecule has 1 heterocycles. The van der Waals surface area contributed by atoms with Crippen LogP contribution in [0.15, 0.2) is 29.1 Å². The summed E-state index contributed by atoms with van der Waals surface area (Å²) in [4.78, 5) is 4.23. The third-order valence-electron chi connectivity index (χ3n) is 2.54. The zero-order chi connectivity index (χ0) is 12.1. The molecule has 0 fully saturated rings. The van der Waals surface area contributed by atoms with Crippen LogP contribution in [0.25, 0.3) is 0 Å². The van der Waals surface area contributed by atoms with Crippen molar-refractivity contribution in [1.82, 2.24) is 10.3 Å². The van der Waals surface area contributed by atoms with Crippen molar-refractivity contribution in [3.63, 3.8) is 0 Å². The maximum absolute atomic E-state index is 5.33. The van der Waals surface area contributed by atoms with Crippen molar-refractivity contribution in [2.75, 3.05) is 7.11 Å². The molecule has 0 aliphatic heterocycles. The van der Waals surface area contributed by atoms with Gasteiger partial charge in [0.05, 0.1) is 18.3 Å². The predicted molar refractivity (Wildman–Crippen MR) is 70.4 cm³/mol. The minimum atomic E-state index is 0.792. The zero-order valence-corrected chi connectivity index (χ0v) is 10.9. The average Bonchev–Trinajstić information content (AvgIpc) is 2.82. The van der Waals surface area contributed by atoms with Crippen LogP contribution in [-0.4, -0.2) is 12.1 Å². The van der Waals surface area contributed by atoms with E-state index in [1.54, 1.807) is 18.4 Å². The molecule has 4 heteroatoms. The number of benzene rings is 1. The molecule has 1 aromatic heterocycles. The standard InChI is InChI=1S/C13H16N2OS/c1-10-3-4-13(16-2)11(5-10)6-14-7-12-8-17-9-15-12/h3-5,8-9,14H,6-7H2,1-2H3. The van der Waals surface area contributed by atoms with Crippen molar-refractivity contribution in [2.45, 2.75) is 20.0 Å². The molecule has 90 valence electrons. The van der Waals surface area contributed by atoms with Crippen molar-refractivity contribution < 1.29 is 4.74 Å². The molecule has 17 heavy (non-hydrogen) atoms. The Kier molecular flexibility index (Phi) is 4.12. The van der Waals surface area contributed by atoms with Crippen LogP contribution in [0, 0.1) is 6.92 Å². The first-order chi connectivity index (χ1) is 8.29. The maximum Gasteiger partial charge on any atom is 0.123 e. The van der Waals surface area contributed by atoms with Crippen molar-refractivity contribution in [2.24, 2.45) is 0 Å². The van der Waals surface area contributed by atoms with Gasteiger partial charge in [0.25, 0.3) is 0 Å². The number of rotatable bonds is 5. The molecule has 0 atom stereocenters. The van der Waals surface area contributed by atoms with Gasteiger partial charge in [0.2, 0.25) is 0 Å². The van der Waals surface area contributed by atoms with E-state index in [0.29, 0.717) is 0 Å². The largest absolute Gasteiger partial charge is 0.496 e. The second kappa shape index (κ2) is 5.80. The van der Waals surface area contributed by atoms with Gasteiger partial charge in [0.15, 0.2) is 0 Å². The van der Waals surface area contributed by atoms with Crippen LogP contribution in [0.3, 0.4) is 0 Å². The molecule has 0 spiro atoms. The highest BCUT2D eigenvalue weighted by Crippen LogP contribution is 2.19. The maximum atomic E-state index is 5.33. The Balaban J connectivity index is 1.96. The molecule has 3 nitrogen and oxygen atoms in total. The minimum Gasteiger partial charge on any atom is -0.496 e. The Morgan fingerprint density at radius 3 is 2.94 bits per heavy atom. The number of aryl methyl sites for hydroxylation is 1. The van der Waals surface area contributed by atoms with E-state index in [2.05, 4.69) is 34.7 Å². The summed E-state index contributed by atoms with van der Waals surface area (Å²) >= 11 is 1.62. The lowest BCUT2D eigenvalue weighted by Crippen LogP contribution is -2.13. The number of aromatic nitrogens is 1. The highest BCUT2D eigenvalue weighted by Gasteiger charge is 2.03. The number of nitrogens with one attached hydrogen (secondary N) is 1. The molecule has 0 bridgehead atoms. The summed E-state index contributed by atoms with van der Waals surface area (Å²) in [6, 6.07) is 6.21. The van der Waals surface area contributed by atoms with Crippen molar-refractivity contribution in [3.05, 3.63) is 45.9 Å². The van der Waals surface area contributed by atoms with E-state index in [1.807, 2.05) is 11.6 Å². The molecule has 0 aliphatic carbocycles. The quantitative estimate of drug-likeness (QED) is 0.883. The van der Waals surface area contributed by atoms with E-state index in [0.717, 1.165) is 24.5 Å². The monoisotopic (exact) mass is 248 g/mol. The molecule has 0 saturated heterocycles. The Labute approximate surface area is 105 Å². The van der Waals surface area contributed by atoms with E-state index in [4.69, 9.17) is 4.74 Å². The summed E-state index contributed by atoms with van der Waals surface area (Å²) in [6.45, 7) is 3.67. The number of methoxy groups -OCH3 is 1. The molecule has 0 amide bonds. The lowest BCUT2D eigenvalue weighted by molar-refractivity contribution is 0.407. The van der Waals surface area contributed by atoms with E-state index in [-0.39, 0.29) is 0 Å². The average molecular weight is 248 g/mol. The summed E-state index contributed by atoms with van der Waals surface area (Å²) in [5, 5.41) is 5.43. The third-order valence-corrected chi connectivity index (χ3v) is 3.18. The van der Waals surface area contributed by atoms with E-state index < -0.39 is 0 Å². The molecule has 1 aromatic carbocycles. The first-order valence-corrected chi connectivity index (χ1v) is 6.45. The Bertz CT molecular complexity index is 468. The molecule has 0 aliphatic rings. The number of thiazole rings is 1. The van der Waals surface area contributed by atoms with Gasteiger partial charge in [-0.1, -0.05) is 17.7 Å². The lowest BCUT2D eigenvalue weighted by Gasteiger charge is -2.10. The van der Waals surface area contributed by atoms with Gasteiger partial charge in [-0.15, -0.1) is 11.3 Å². The number of hydrogen-bond acceptors (Lipinski definition) is 4. The molecular formula is C13H16N2OS. The summed E-state index contributed by atoms with van der Waals surface area (Å²) in [6.07, 6.45) is 0. The van der Waals surface area contributed by atoms with Crippen LogP contribution < -0.4 is 10.1 Å². The lowest BCUT2D eigenvalue weighted by atomic mass is 10.1. The number of ether oxygens (including phenoxy) is 1. The highest BCUT2D eigenvalue weighted by atomic mass is 32.1. The Morgan fingerprint density at radius 1 is 1.35 bits per heavy atom. The van der Waals surface area contributed by atoms with Crippen LogP contribution >= 0.6 is 11.3 Å². The molecule has 2 aromatic rings. The van der Waals surface area contributed by atoms with Crippen molar-refractivity contribution in [1.29, 1.82) is 0 Å². The first kappa shape index (κ1) is 12.1. The minimum absolute atomic E-state index is 0.792. The molecular weight excluding hydrogens is 232 g/mol. The Hall–Kier alpha value is -1.39. The fourth-order valence-corrected chi connectivity index (χ4v) is 2.25. The van der Waals surface area contributed by atoms with Gasteiger partial charge >= 0.3 is 0 Å². The summed E-state index contributed by atoms with van der Waals surface area (Å²) in [5.74, 6) is 0.932. The van der Waals surface area contributed by atoms with Crippen molar-refractivity contribution in [3.8, 4) is 5.75 Å². The molecule has 2 rings (SSSR count). The van der Waals surface area contributed by atoms with Crippen LogP contribution in [0.4, 0.5) is 0 Å². The third kappa shape index (κ3) is 3.28. The predicted octanol–water partition coefficient (Wildman–Crippen LogP) is 2.75. The SMILES string of the molecule is COc1ccc(C)cc1CNCc1cscn1. The van der Waals surface area contributed by atoms with Gasteiger partial charge in [0, 0.05) is 24.0 Å². The van der Waals surface area contributed by atoms with Crippen LogP contribution in [0.2, 0.25) is 0 Å². The van der Waals surface area contributed by atoms with E-state index >= 15 is 0 Å². The molecule has 0 unspecified atom stereocenters. The van der Waals surface area contributed by atoms with Crippen LogP contribution in [0.5, 0.6) is 5.75 Å². The fourth-order valence-electron chi connectivity index (χ4n) is 1.70. The first-order valence-electron chi connectivity index (χ1n) is 5.51.